The first-order chi connectivity index (χ1) is 13.0. The largest absolute Gasteiger partial charge is 0.496 e. The first-order valence-corrected chi connectivity index (χ1v) is 8.79. The van der Waals surface area contributed by atoms with Gasteiger partial charge in [0, 0.05) is 12.2 Å². The van der Waals surface area contributed by atoms with Crippen LogP contribution in [-0.2, 0) is 13.0 Å². The fourth-order valence-corrected chi connectivity index (χ4v) is 2.70. The van der Waals surface area contributed by atoms with Crippen LogP contribution < -0.4 is 20.5 Å². The molecule has 1 heterocycles. The summed E-state index contributed by atoms with van der Waals surface area (Å²) in [7, 11) is 3.18. The van der Waals surface area contributed by atoms with Crippen LogP contribution in [0.5, 0.6) is 11.5 Å². The Bertz CT molecular complexity index is 792. The summed E-state index contributed by atoms with van der Waals surface area (Å²) in [5, 5.41) is 2.90. The predicted molar refractivity (Wildman–Crippen MR) is 106 cm³/mol. The zero-order chi connectivity index (χ0) is 19.6. The second-order valence-electron chi connectivity index (χ2n) is 6.19. The Balaban J connectivity index is 2.18. The minimum Gasteiger partial charge on any atom is -0.496 e. The number of aromatic nitrogens is 1. The number of hydrogen-bond donors (Lipinski definition) is 3. The minimum absolute atomic E-state index is 0.0746. The molecule has 0 fully saturated rings. The third kappa shape index (κ3) is 6.04. The number of methoxy groups -OCH3 is 2. The average molecular weight is 369 g/mol. The molecule has 0 bridgehead atoms. The van der Waals surface area contributed by atoms with E-state index >= 15 is 0 Å². The van der Waals surface area contributed by atoms with Crippen molar-refractivity contribution in [3.63, 3.8) is 0 Å². The van der Waals surface area contributed by atoms with Crippen molar-refractivity contribution in [2.75, 3.05) is 14.2 Å². The molecule has 144 valence electrons. The van der Waals surface area contributed by atoms with E-state index in [1.165, 1.54) is 0 Å². The fourth-order valence-electron chi connectivity index (χ4n) is 2.70. The molecule has 0 radical (unpaired) electrons. The lowest BCUT2D eigenvalue weighted by molar-refractivity contribution is 0.0945. The standard InChI is InChI=1S/C21H27N3O3/c1-15(22)13-16-7-4-9-18(23-12-6-8-16)21(25)24-14-17-19(26-2)10-5-11-20(17)27-3/h4-12,15,23H,13-14,22H2,1-3H3,(H,24,25). The Hall–Kier alpha value is -2.99. The van der Waals surface area contributed by atoms with Gasteiger partial charge in [0.25, 0.3) is 5.91 Å². The third-order valence-corrected chi connectivity index (χ3v) is 3.98. The first kappa shape index (κ1) is 20.3. The number of aromatic amines is 1. The monoisotopic (exact) mass is 369 g/mol. The Labute approximate surface area is 160 Å². The lowest BCUT2D eigenvalue weighted by Gasteiger charge is -2.13. The third-order valence-electron chi connectivity index (χ3n) is 3.98. The molecule has 6 heteroatoms. The molecule has 0 saturated heterocycles. The summed E-state index contributed by atoms with van der Waals surface area (Å²) in [4.78, 5) is 15.6. The molecule has 27 heavy (non-hydrogen) atoms. The summed E-state index contributed by atoms with van der Waals surface area (Å²) in [6, 6.07) is 14.9. The smallest absolute Gasteiger partial charge is 0.267 e. The molecule has 0 aliphatic rings. The van der Waals surface area contributed by atoms with Crippen LogP contribution in [0, 0.1) is 0 Å². The molecule has 1 aromatic heterocycles. The molecule has 1 atom stereocenters. The van der Waals surface area contributed by atoms with Crippen molar-refractivity contribution in [1.82, 2.24) is 10.3 Å². The molecule has 1 aromatic carbocycles. The van der Waals surface area contributed by atoms with E-state index in [2.05, 4.69) is 10.3 Å². The second kappa shape index (κ2) is 10.2. The van der Waals surface area contributed by atoms with E-state index in [0.29, 0.717) is 17.2 Å². The van der Waals surface area contributed by atoms with Gasteiger partial charge in [-0.15, -0.1) is 0 Å². The van der Waals surface area contributed by atoms with Crippen LogP contribution in [0.1, 0.15) is 28.5 Å². The van der Waals surface area contributed by atoms with Gasteiger partial charge in [-0.2, -0.15) is 0 Å². The molecule has 0 saturated carbocycles. The van der Waals surface area contributed by atoms with Gasteiger partial charge in [-0.1, -0.05) is 24.3 Å². The van der Waals surface area contributed by atoms with E-state index in [0.717, 1.165) is 17.5 Å². The quantitative estimate of drug-likeness (QED) is 0.700. The van der Waals surface area contributed by atoms with Gasteiger partial charge in [0.15, 0.2) is 0 Å². The molecule has 2 rings (SSSR count). The predicted octanol–water partition coefficient (Wildman–Crippen LogP) is 2.98. The number of rotatable bonds is 7. The number of hydrogen-bond acceptors (Lipinski definition) is 4. The molecular weight excluding hydrogens is 342 g/mol. The van der Waals surface area contributed by atoms with E-state index in [1.54, 1.807) is 26.5 Å². The second-order valence-corrected chi connectivity index (χ2v) is 6.19. The molecule has 4 N–H and O–H groups in total. The maximum atomic E-state index is 12.6. The van der Waals surface area contributed by atoms with E-state index in [-0.39, 0.29) is 18.5 Å². The molecule has 2 aromatic rings. The van der Waals surface area contributed by atoms with Gasteiger partial charge in [0.2, 0.25) is 0 Å². The van der Waals surface area contributed by atoms with Crippen LogP contribution >= 0.6 is 0 Å². The maximum Gasteiger partial charge on any atom is 0.267 e. The highest BCUT2D eigenvalue weighted by Gasteiger charge is 2.12. The zero-order valence-corrected chi connectivity index (χ0v) is 16.0. The van der Waals surface area contributed by atoms with Crippen molar-refractivity contribution in [3.05, 3.63) is 71.5 Å². The van der Waals surface area contributed by atoms with Gasteiger partial charge in [0.05, 0.1) is 26.3 Å². The van der Waals surface area contributed by atoms with Crippen molar-refractivity contribution in [2.24, 2.45) is 5.73 Å². The summed E-state index contributed by atoms with van der Waals surface area (Å²) in [6.45, 7) is 2.25. The summed E-state index contributed by atoms with van der Waals surface area (Å²) in [6.07, 6.45) is 2.49. The topological polar surface area (TPSA) is 89.4 Å². The summed E-state index contributed by atoms with van der Waals surface area (Å²) in [5.41, 5.74) is 8.17. The number of benzene rings is 1. The maximum absolute atomic E-state index is 12.6. The van der Waals surface area contributed by atoms with E-state index in [4.69, 9.17) is 15.2 Å². The Kier molecular flexibility index (Phi) is 7.70. The Morgan fingerprint density at radius 2 is 1.70 bits per heavy atom. The molecule has 1 unspecified atom stereocenters. The lowest BCUT2D eigenvalue weighted by atomic mass is 10.1. The van der Waals surface area contributed by atoms with E-state index in [1.807, 2.05) is 49.4 Å². The van der Waals surface area contributed by atoms with Crippen LogP contribution in [0.3, 0.4) is 0 Å². The van der Waals surface area contributed by atoms with Crippen molar-refractivity contribution >= 4 is 5.91 Å². The highest BCUT2D eigenvalue weighted by atomic mass is 16.5. The van der Waals surface area contributed by atoms with Crippen molar-refractivity contribution in [3.8, 4) is 11.5 Å². The van der Waals surface area contributed by atoms with Crippen molar-refractivity contribution in [2.45, 2.75) is 25.9 Å². The molecule has 6 nitrogen and oxygen atoms in total. The van der Waals surface area contributed by atoms with Gasteiger partial charge in [-0.3, -0.25) is 4.79 Å². The van der Waals surface area contributed by atoms with Crippen LogP contribution in [0.2, 0.25) is 0 Å². The number of amides is 1. The number of carbonyl (C=O) groups is 1. The number of H-pyrrole nitrogens is 1. The highest BCUT2D eigenvalue weighted by molar-refractivity contribution is 5.92. The average Bonchev–Trinajstić information content (AvgIpc) is 2.77. The Morgan fingerprint density at radius 1 is 1.07 bits per heavy atom. The summed E-state index contributed by atoms with van der Waals surface area (Å²) >= 11 is 0. The Morgan fingerprint density at radius 3 is 2.33 bits per heavy atom. The number of nitrogens with two attached hydrogens (primary N) is 1. The fraction of sp³-hybridized carbons (Fsp3) is 0.286. The lowest BCUT2D eigenvalue weighted by Crippen LogP contribution is -2.24. The highest BCUT2D eigenvalue weighted by Crippen LogP contribution is 2.27. The van der Waals surface area contributed by atoms with Gasteiger partial charge >= 0.3 is 0 Å². The normalized spacial score (nSPS) is 11.3. The van der Waals surface area contributed by atoms with Crippen LogP contribution in [0.15, 0.2) is 54.7 Å². The number of nitrogens with one attached hydrogen (secondary N) is 2. The van der Waals surface area contributed by atoms with Gasteiger partial charge in [-0.05, 0) is 43.2 Å². The van der Waals surface area contributed by atoms with E-state index < -0.39 is 0 Å². The zero-order valence-electron chi connectivity index (χ0n) is 16.0. The van der Waals surface area contributed by atoms with E-state index in [9.17, 15) is 4.79 Å². The van der Waals surface area contributed by atoms with Crippen LogP contribution in [-0.4, -0.2) is 31.2 Å². The minimum atomic E-state index is -0.229. The molecule has 0 aliphatic carbocycles. The first-order valence-electron chi connectivity index (χ1n) is 8.79. The molecule has 0 aliphatic heterocycles. The van der Waals surface area contributed by atoms with Gasteiger partial charge in [0.1, 0.15) is 17.2 Å². The molecule has 1 amide bonds. The van der Waals surface area contributed by atoms with Crippen LogP contribution in [0.4, 0.5) is 0 Å². The van der Waals surface area contributed by atoms with Crippen molar-refractivity contribution in [1.29, 1.82) is 0 Å². The number of ether oxygens (including phenoxy) is 2. The SMILES string of the molecule is COc1cccc(OC)c1CNC(=O)c1cccc(CC(C)N)ccc[nH]1. The summed E-state index contributed by atoms with van der Waals surface area (Å²) < 4.78 is 10.7. The molecular formula is C21H27N3O3. The molecule has 0 spiro atoms. The van der Waals surface area contributed by atoms with Crippen LogP contribution in [0.25, 0.3) is 0 Å². The van der Waals surface area contributed by atoms with Crippen molar-refractivity contribution < 1.29 is 14.3 Å². The number of carbonyl (C=O) groups excluding carboxylic acids is 1. The van der Waals surface area contributed by atoms with Gasteiger partial charge < -0.3 is 25.5 Å². The summed E-state index contributed by atoms with van der Waals surface area (Å²) in [5.74, 6) is 1.10. The van der Waals surface area contributed by atoms with Gasteiger partial charge in [-0.25, -0.2) is 0 Å².